The number of rotatable bonds is 6. The van der Waals surface area contributed by atoms with E-state index in [4.69, 9.17) is 4.74 Å². The molecule has 4 heteroatoms. The van der Waals surface area contributed by atoms with Crippen LogP contribution < -0.4 is 10.1 Å². The molecule has 2 unspecified atom stereocenters. The van der Waals surface area contributed by atoms with Crippen molar-refractivity contribution >= 4 is 11.8 Å². The number of ether oxygens (including phenoxy) is 1. The maximum Gasteiger partial charge on any atom is 0.137 e. The largest absolute Gasteiger partial charge is 0.495 e. The summed E-state index contributed by atoms with van der Waals surface area (Å²) in [5, 5.41) is 3.70. The van der Waals surface area contributed by atoms with Gasteiger partial charge in [-0.2, -0.15) is 11.8 Å². The smallest absolute Gasteiger partial charge is 0.137 e. The molecule has 3 nitrogen and oxygen atoms in total. The fraction of sp³-hybridized carbons (Fsp3) is 0.667. The first-order valence-corrected chi connectivity index (χ1v) is 8.04. The Kier molecular flexibility index (Phi) is 5.11. The topological polar surface area (TPSA) is 34.2 Å². The number of thioether (sulfide) groups is 1. The summed E-state index contributed by atoms with van der Waals surface area (Å²) < 4.78 is 5.58. The third-order valence-electron chi connectivity index (χ3n) is 3.76. The monoisotopic (exact) mass is 280 g/mol. The molecular weight excluding hydrogens is 256 g/mol. The molecule has 19 heavy (non-hydrogen) atoms. The fourth-order valence-corrected chi connectivity index (χ4v) is 4.14. The number of hydrogen-bond acceptors (Lipinski definition) is 4. The Morgan fingerprint density at radius 1 is 1.53 bits per heavy atom. The van der Waals surface area contributed by atoms with E-state index in [2.05, 4.69) is 42.0 Å². The third kappa shape index (κ3) is 3.42. The Bertz CT molecular complexity index is 405. The quantitative estimate of drug-likeness (QED) is 0.866. The molecule has 1 N–H and O–H groups in total. The number of hydrogen-bond donors (Lipinski definition) is 1. The minimum absolute atomic E-state index is 0.267. The highest BCUT2D eigenvalue weighted by atomic mass is 32.2. The molecule has 0 aliphatic carbocycles. The lowest BCUT2D eigenvalue weighted by Gasteiger charge is -2.34. The Morgan fingerprint density at radius 3 is 3.00 bits per heavy atom. The molecule has 0 amide bonds. The van der Waals surface area contributed by atoms with Gasteiger partial charge in [0.05, 0.1) is 13.3 Å². The van der Waals surface area contributed by atoms with Crippen LogP contribution in [0.5, 0.6) is 5.75 Å². The molecule has 1 fully saturated rings. The minimum atomic E-state index is 0.267. The second kappa shape index (κ2) is 6.62. The number of aromatic nitrogens is 1. The average molecular weight is 280 g/mol. The Hall–Kier alpha value is -0.740. The highest BCUT2D eigenvalue weighted by Gasteiger charge is 2.38. The van der Waals surface area contributed by atoms with Gasteiger partial charge in [-0.1, -0.05) is 6.92 Å². The third-order valence-corrected chi connectivity index (χ3v) is 5.35. The van der Waals surface area contributed by atoms with Crippen LogP contribution in [0.2, 0.25) is 0 Å². The molecule has 0 bridgehead atoms. The molecule has 1 aliphatic rings. The van der Waals surface area contributed by atoms with Crippen LogP contribution in [0.15, 0.2) is 18.5 Å². The van der Waals surface area contributed by atoms with Crippen LogP contribution in [-0.2, 0) is 0 Å². The van der Waals surface area contributed by atoms with Gasteiger partial charge in [0.25, 0.3) is 0 Å². The molecule has 0 spiro atoms. The highest BCUT2D eigenvalue weighted by Crippen LogP contribution is 2.46. The van der Waals surface area contributed by atoms with E-state index in [0.29, 0.717) is 6.04 Å². The van der Waals surface area contributed by atoms with E-state index in [1.807, 2.05) is 6.20 Å². The summed E-state index contributed by atoms with van der Waals surface area (Å²) in [5.41, 5.74) is 1.24. The van der Waals surface area contributed by atoms with Crippen molar-refractivity contribution in [1.29, 1.82) is 0 Å². The van der Waals surface area contributed by atoms with Gasteiger partial charge < -0.3 is 10.1 Å². The van der Waals surface area contributed by atoms with Crippen molar-refractivity contribution in [2.75, 3.05) is 19.4 Å². The van der Waals surface area contributed by atoms with Gasteiger partial charge >= 0.3 is 0 Å². The van der Waals surface area contributed by atoms with Crippen molar-refractivity contribution in [2.24, 2.45) is 0 Å². The molecular formula is C15H24N2OS. The number of pyridine rings is 1. The summed E-state index contributed by atoms with van der Waals surface area (Å²) in [4.78, 5) is 4.31. The molecule has 2 atom stereocenters. The summed E-state index contributed by atoms with van der Waals surface area (Å²) >= 11 is 2.08. The van der Waals surface area contributed by atoms with E-state index in [9.17, 15) is 0 Å². The minimum Gasteiger partial charge on any atom is -0.495 e. The zero-order valence-corrected chi connectivity index (χ0v) is 12.9. The van der Waals surface area contributed by atoms with Gasteiger partial charge in [0.1, 0.15) is 5.75 Å². The van der Waals surface area contributed by atoms with Crippen molar-refractivity contribution in [3.63, 3.8) is 0 Å². The van der Waals surface area contributed by atoms with E-state index < -0.39 is 0 Å². The zero-order chi connectivity index (χ0) is 13.7. The average Bonchev–Trinajstić information content (AvgIpc) is 2.87. The van der Waals surface area contributed by atoms with Crippen molar-refractivity contribution in [3.8, 4) is 5.75 Å². The second-order valence-electron chi connectivity index (χ2n) is 5.31. The summed E-state index contributed by atoms with van der Waals surface area (Å²) in [5.74, 6) is 2.10. The molecule has 2 rings (SSSR count). The molecule has 0 saturated carbocycles. The molecule has 0 radical (unpaired) electrons. The summed E-state index contributed by atoms with van der Waals surface area (Å²) in [6, 6.07) is 2.47. The van der Waals surface area contributed by atoms with Crippen LogP contribution in [0, 0.1) is 0 Å². The van der Waals surface area contributed by atoms with Gasteiger partial charge in [-0.3, -0.25) is 4.98 Å². The van der Waals surface area contributed by atoms with Crippen LogP contribution in [-0.4, -0.2) is 29.1 Å². The van der Waals surface area contributed by atoms with E-state index in [0.717, 1.165) is 18.7 Å². The molecule has 1 aliphatic heterocycles. The Morgan fingerprint density at radius 2 is 2.37 bits per heavy atom. The first-order valence-electron chi connectivity index (χ1n) is 7.06. The normalized spacial score (nSPS) is 24.4. The Labute approximate surface area is 120 Å². The van der Waals surface area contributed by atoms with Crippen LogP contribution in [0.25, 0.3) is 0 Å². The maximum absolute atomic E-state index is 5.31. The van der Waals surface area contributed by atoms with Gasteiger partial charge in [0.2, 0.25) is 0 Å². The molecule has 2 heterocycles. The lowest BCUT2D eigenvalue weighted by molar-refractivity contribution is 0.397. The van der Waals surface area contributed by atoms with Crippen LogP contribution in [0.4, 0.5) is 0 Å². The van der Waals surface area contributed by atoms with E-state index in [-0.39, 0.29) is 4.75 Å². The van der Waals surface area contributed by atoms with Crippen molar-refractivity contribution in [3.05, 3.63) is 24.0 Å². The number of methoxy groups -OCH3 is 1. The predicted molar refractivity (Wildman–Crippen MR) is 81.9 cm³/mol. The van der Waals surface area contributed by atoms with Gasteiger partial charge in [-0.25, -0.2) is 0 Å². The maximum atomic E-state index is 5.31. The Balaban J connectivity index is 2.25. The molecule has 0 aromatic carbocycles. The van der Waals surface area contributed by atoms with Crippen molar-refractivity contribution in [2.45, 2.75) is 43.9 Å². The summed E-state index contributed by atoms with van der Waals surface area (Å²) in [6.07, 6.45) is 7.46. The van der Waals surface area contributed by atoms with E-state index in [1.54, 1.807) is 13.3 Å². The van der Waals surface area contributed by atoms with Gasteiger partial charge in [0.15, 0.2) is 0 Å². The first-order chi connectivity index (χ1) is 9.19. The first kappa shape index (κ1) is 14.7. The van der Waals surface area contributed by atoms with E-state index in [1.165, 1.54) is 24.2 Å². The van der Waals surface area contributed by atoms with Gasteiger partial charge in [0, 0.05) is 17.0 Å². The predicted octanol–water partition coefficient (Wildman–Crippen LogP) is 3.42. The van der Waals surface area contributed by atoms with Gasteiger partial charge in [-0.05, 0) is 50.1 Å². The van der Waals surface area contributed by atoms with Crippen LogP contribution >= 0.6 is 11.8 Å². The number of nitrogens with zero attached hydrogens (tertiary/aromatic N) is 1. The lowest BCUT2D eigenvalue weighted by Crippen LogP contribution is -2.38. The van der Waals surface area contributed by atoms with Crippen LogP contribution in [0.1, 0.15) is 44.7 Å². The van der Waals surface area contributed by atoms with Gasteiger partial charge in [-0.15, -0.1) is 0 Å². The molecule has 1 aromatic heterocycles. The second-order valence-corrected chi connectivity index (χ2v) is 6.94. The zero-order valence-electron chi connectivity index (χ0n) is 12.1. The van der Waals surface area contributed by atoms with Crippen molar-refractivity contribution < 1.29 is 4.74 Å². The standard InChI is InChI=1S/C15H24N2OS/c1-4-7-17-14(15(2)6-5-8-19-15)12-9-13(18-3)11-16-10-12/h9-11,14,17H,4-8H2,1-3H3. The SMILES string of the molecule is CCCNC(c1cncc(OC)c1)C1(C)CCCS1. The summed E-state index contributed by atoms with van der Waals surface area (Å²) in [7, 11) is 1.70. The molecule has 1 aromatic rings. The summed E-state index contributed by atoms with van der Waals surface area (Å²) in [6.45, 7) is 5.62. The molecule has 106 valence electrons. The van der Waals surface area contributed by atoms with Crippen molar-refractivity contribution in [1.82, 2.24) is 10.3 Å². The highest BCUT2D eigenvalue weighted by molar-refractivity contribution is 8.00. The lowest BCUT2D eigenvalue weighted by atomic mass is 9.91. The molecule has 1 saturated heterocycles. The number of nitrogens with one attached hydrogen (secondary N) is 1. The van der Waals surface area contributed by atoms with E-state index >= 15 is 0 Å². The fourth-order valence-electron chi connectivity index (χ4n) is 2.71. The van der Waals surface area contributed by atoms with Crippen LogP contribution in [0.3, 0.4) is 0 Å².